The lowest BCUT2D eigenvalue weighted by atomic mass is 9.86. The predicted molar refractivity (Wildman–Crippen MR) is 136 cm³/mol. The fraction of sp³-hybridized carbons (Fsp3) is 0.321. The van der Waals surface area contributed by atoms with E-state index in [4.69, 9.17) is 9.15 Å². The smallest absolute Gasteiger partial charge is 0.253 e. The summed E-state index contributed by atoms with van der Waals surface area (Å²) in [5.41, 5.74) is 3.05. The molecule has 1 saturated heterocycles. The highest BCUT2D eigenvalue weighted by molar-refractivity contribution is 5.94. The molecular formula is C28H30N4O3. The molecule has 1 fully saturated rings. The Morgan fingerprint density at radius 1 is 1.06 bits per heavy atom. The van der Waals surface area contributed by atoms with E-state index in [-0.39, 0.29) is 17.0 Å². The van der Waals surface area contributed by atoms with Crippen LogP contribution in [0.25, 0.3) is 12.2 Å². The number of benzene rings is 2. The molecule has 1 aromatic heterocycles. The number of ether oxygens (including phenoxy) is 1. The van der Waals surface area contributed by atoms with E-state index in [2.05, 4.69) is 31.8 Å². The molecule has 0 bridgehead atoms. The Morgan fingerprint density at radius 2 is 1.74 bits per heavy atom. The summed E-state index contributed by atoms with van der Waals surface area (Å²) >= 11 is 0. The number of amides is 1. The maximum absolute atomic E-state index is 13.0. The number of aromatic nitrogens is 1. The van der Waals surface area contributed by atoms with Crippen LogP contribution < -0.4 is 9.64 Å². The molecule has 0 saturated carbocycles. The van der Waals surface area contributed by atoms with Gasteiger partial charge in [0.15, 0.2) is 0 Å². The molecule has 0 atom stereocenters. The van der Waals surface area contributed by atoms with Gasteiger partial charge in [0.25, 0.3) is 5.91 Å². The number of carbonyl (C=O) groups excluding carboxylic acids is 1. The number of piperazine rings is 1. The summed E-state index contributed by atoms with van der Waals surface area (Å²) in [6, 6.07) is 17.6. The lowest BCUT2D eigenvalue weighted by molar-refractivity contribution is 0.0745. The van der Waals surface area contributed by atoms with E-state index in [0.29, 0.717) is 43.5 Å². The number of anilines is 1. The number of para-hydroxylation sites is 1. The Balaban J connectivity index is 1.43. The van der Waals surface area contributed by atoms with Gasteiger partial charge in [-0.1, -0.05) is 51.1 Å². The third-order valence-electron chi connectivity index (χ3n) is 6.13. The molecule has 35 heavy (non-hydrogen) atoms. The summed E-state index contributed by atoms with van der Waals surface area (Å²) in [6.45, 7) is 8.66. The summed E-state index contributed by atoms with van der Waals surface area (Å²) in [5.74, 6) is 1.54. The van der Waals surface area contributed by atoms with E-state index in [1.54, 1.807) is 13.2 Å². The molecule has 3 aromatic rings. The highest BCUT2D eigenvalue weighted by atomic mass is 16.5. The van der Waals surface area contributed by atoms with Gasteiger partial charge in [0.1, 0.15) is 11.8 Å². The van der Waals surface area contributed by atoms with Gasteiger partial charge in [-0.3, -0.25) is 4.79 Å². The van der Waals surface area contributed by atoms with Crippen LogP contribution in [0.4, 0.5) is 5.88 Å². The first-order chi connectivity index (χ1) is 16.8. The van der Waals surface area contributed by atoms with Crippen molar-refractivity contribution in [1.82, 2.24) is 9.88 Å². The zero-order valence-electron chi connectivity index (χ0n) is 20.6. The second-order valence-corrected chi connectivity index (χ2v) is 9.50. The van der Waals surface area contributed by atoms with Crippen LogP contribution in [0.15, 0.2) is 52.9 Å². The largest absolute Gasteiger partial charge is 0.496 e. The van der Waals surface area contributed by atoms with E-state index in [1.165, 1.54) is 5.56 Å². The van der Waals surface area contributed by atoms with Gasteiger partial charge < -0.3 is 19.0 Å². The van der Waals surface area contributed by atoms with E-state index in [9.17, 15) is 10.1 Å². The highest BCUT2D eigenvalue weighted by Crippen LogP contribution is 2.26. The van der Waals surface area contributed by atoms with Crippen molar-refractivity contribution in [2.24, 2.45) is 0 Å². The van der Waals surface area contributed by atoms with Crippen LogP contribution in [0, 0.1) is 11.3 Å². The quantitative estimate of drug-likeness (QED) is 0.523. The summed E-state index contributed by atoms with van der Waals surface area (Å²) < 4.78 is 11.3. The van der Waals surface area contributed by atoms with Crippen molar-refractivity contribution in [2.45, 2.75) is 26.2 Å². The third-order valence-corrected chi connectivity index (χ3v) is 6.13. The Labute approximate surface area is 206 Å². The number of carbonyl (C=O) groups is 1. The lowest BCUT2D eigenvalue weighted by Crippen LogP contribution is -2.48. The first-order valence-electron chi connectivity index (χ1n) is 11.7. The zero-order valence-corrected chi connectivity index (χ0v) is 20.6. The van der Waals surface area contributed by atoms with Crippen LogP contribution in [-0.2, 0) is 5.41 Å². The topological polar surface area (TPSA) is 82.6 Å². The van der Waals surface area contributed by atoms with Crippen molar-refractivity contribution in [2.75, 3.05) is 38.2 Å². The fourth-order valence-corrected chi connectivity index (χ4v) is 4.06. The molecule has 0 spiro atoms. The van der Waals surface area contributed by atoms with E-state index < -0.39 is 0 Å². The van der Waals surface area contributed by atoms with Gasteiger partial charge >= 0.3 is 0 Å². The summed E-state index contributed by atoms with van der Waals surface area (Å²) in [7, 11) is 1.62. The minimum absolute atomic E-state index is 0.0172. The Hall–Kier alpha value is -4.05. The highest BCUT2D eigenvalue weighted by Gasteiger charge is 2.27. The molecule has 180 valence electrons. The monoisotopic (exact) mass is 470 g/mol. The van der Waals surface area contributed by atoms with Gasteiger partial charge in [-0.15, -0.1) is 0 Å². The molecule has 2 heterocycles. The summed E-state index contributed by atoms with van der Waals surface area (Å²) in [6.07, 6.45) is 3.57. The van der Waals surface area contributed by atoms with Crippen LogP contribution in [0.2, 0.25) is 0 Å². The van der Waals surface area contributed by atoms with Gasteiger partial charge in [-0.25, -0.2) is 0 Å². The van der Waals surface area contributed by atoms with Crippen LogP contribution in [-0.4, -0.2) is 49.1 Å². The molecule has 0 unspecified atom stereocenters. The third kappa shape index (κ3) is 5.38. The number of rotatable bonds is 5. The number of nitrogens with zero attached hydrogens (tertiary/aromatic N) is 4. The molecule has 0 aliphatic carbocycles. The van der Waals surface area contributed by atoms with Crippen molar-refractivity contribution in [1.29, 1.82) is 5.26 Å². The van der Waals surface area contributed by atoms with Crippen molar-refractivity contribution in [3.63, 3.8) is 0 Å². The minimum atomic E-state index is 0.0172. The van der Waals surface area contributed by atoms with Crippen LogP contribution >= 0.6 is 0 Å². The maximum Gasteiger partial charge on any atom is 0.253 e. The number of nitriles is 1. The summed E-state index contributed by atoms with van der Waals surface area (Å²) in [5, 5.41) is 9.59. The van der Waals surface area contributed by atoms with Crippen LogP contribution in [0.5, 0.6) is 5.75 Å². The van der Waals surface area contributed by atoms with E-state index in [0.717, 1.165) is 11.3 Å². The van der Waals surface area contributed by atoms with Crippen molar-refractivity contribution in [3.05, 3.63) is 76.8 Å². The minimum Gasteiger partial charge on any atom is -0.496 e. The first-order valence-corrected chi connectivity index (χ1v) is 11.7. The van der Waals surface area contributed by atoms with E-state index >= 15 is 0 Å². The molecule has 1 aliphatic rings. The van der Waals surface area contributed by atoms with E-state index in [1.807, 2.05) is 64.4 Å². The molecule has 4 rings (SSSR count). The SMILES string of the molecule is COc1ccccc1C=Cc1nc(C#N)c(N2CCN(C(=O)c3ccc(C(C)(C)C)cc3)CC2)o1. The molecular weight excluding hydrogens is 440 g/mol. The summed E-state index contributed by atoms with van der Waals surface area (Å²) in [4.78, 5) is 21.1. The maximum atomic E-state index is 13.0. The number of methoxy groups -OCH3 is 1. The van der Waals surface area contributed by atoms with Crippen molar-refractivity contribution in [3.8, 4) is 11.8 Å². The molecule has 0 radical (unpaired) electrons. The molecule has 0 N–H and O–H groups in total. The molecule has 7 heteroatoms. The Morgan fingerprint density at radius 3 is 2.37 bits per heavy atom. The van der Waals surface area contributed by atoms with Crippen LogP contribution in [0.3, 0.4) is 0 Å². The molecule has 7 nitrogen and oxygen atoms in total. The number of hydrogen-bond donors (Lipinski definition) is 0. The second-order valence-electron chi connectivity index (χ2n) is 9.50. The van der Waals surface area contributed by atoms with Gasteiger partial charge in [-0.05, 0) is 35.3 Å². The normalized spacial score (nSPS) is 14.3. The molecule has 2 aromatic carbocycles. The molecule has 1 amide bonds. The number of hydrogen-bond acceptors (Lipinski definition) is 6. The van der Waals surface area contributed by atoms with Gasteiger partial charge in [-0.2, -0.15) is 10.2 Å². The van der Waals surface area contributed by atoms with Gasteiger partial charge in [0, 0.05) is 43.4 Å². The fourth-order valence-electron chi connectivity index (χ4n) is 4.06. The Bertz CT molecular complexity index is 1250. The zero-order chi connectivity index (χ0) is 25.0. The lowest BCUT2D eigenvalue weighted by Gasteiger charge is -2.34. The van der Waals surface area contributed by atoms with Gasteiger partial charge in [0.05, 0.1) is 7.11 Å². The number of oxazole rings is 1. The van der Waals surface area contributed by atoms with Crippen molar-refractivity contribution < 1.29 is 13.9 Å². The van der Waals surface area contributed by atoms with Gasteiger partial charge in [0.2, 0.25) is 17.5 Å². The first kappa shape index (κ1) is 24.1. The average molecular weight is 471 g/mol. The predicted octanol–water partition coefficient (Wildman–Crippen LogP) is 4.99. The van der Waals surface area contributed by atoms with Crippen LogP contribution in [0.1, 0.15) is 53.8 Å². The molecule has 1 aliphatic heterocycles. The average Bonchev–Trinajstić information content (AvgIpc) is 3.30. The standard InChI is InChI=1S/C28H30N4O3/c1-28(2,3)22-12-9-21(10-13-22)26(33)31-15-17-32(18-16-31)27-23(19-29)30-25(35-27)14-11-20-7-5-6-8-24(20)34-4/h5-14H,15-18H2,1-4H3. The Kier molecular flexibility index (Phi) is 6.92. The van der Waals surface area contributed by atoms with Crippen molar-refractivity contribution >= 4 is 23.9 Å². The second kappa shape index (κ2) is 10.1.